The Kier molecular flexibility index (Phi) is 10.4. The Morgan fingerprint density at radius 3 is 2.58 bits per heavy atom. The number of aromatic amines is 1. The minimum absolute atomic E-state index is 0.141. The average Bonchev–Trinajstić information content (AvgIpc) is 3.12. The maximum Gasteiger partial charge on any atom is 0.459 e. The van der Waals surface area contributed by atoms with Gasteiger partial charge in [0.1, 0.15) is 17.9 Å². The normalized spacial score (nSPS) is 24.6. The van der Waals surface area contributed by atoms with Gasteiger partial charge >= 0.3 is 25.4 Å². The van der Waals surface area contributed by atoms with Crippen LogP contribution in [0.15, 0.2) is 52.2 Å². The predicted octanol–water partition coefficient (Wildman–Crippen LogP) is 2.62. The number of aromatic nitrogens is 2. The second-order valence-corrected chi connectivity index (χ2v) is 11.0. The van der Waals surface area contributed by atoms with E-state index in [4.69, 9.17) is 23.3 Å². The standard InChI is InChI=1S/C25H33FN3O10P/c1-5-6-14-35-22(32)16(2)28-40(34,39-18-10-8-7-9-11-18)36-15-19-21(37-17(3)30)25(4,26)23(38-19)29-13-12-20(31)27-24(29)33/h7-13,16,19,21,23H,5-6,14-15H2,1-4H3,(H,28,34)(H,27,31,33)/t16-,19+,21+,23+,25+,40?/m0/s1. The molecule has 6 atom stereocenters. The molecule has 0 radical (unpaired) electrons. The molecule has 0 amide bonds. The van der Waals surface area contributed by atoms with Gasteiger partial charge in [-0.1, -0.05) is 31.5 Å². The van der Waals surface area contributed by atoms with E-state index in [-0.39, 0.29) is 12.4 Å². The van der Waals surface area contributed by atoms with Crippen molar-refractivity contribution >= 4 is 19.7 Å². The smallest absolute Gasteiger partial charge is 0.459 e. The van der Waals surface area contributed by atoms with E-state index in [0.717, 1.165) is 37.1 Å². The van der Waals surface area contributed by atoms with Crippen LogP contribution in [0.2, 0.25) is 0 Å². The van der Waals surface area contributed by atoms with Crippen LogP contribution in [0.3, 0.4) is 0 Å². The van der Waals surface area contributed by atoms with Crippen LogP contribution in [0.5, 0.6) is 5.75 Å². The van der Waals surface area contributed by atoms with Gasteiger partial charge in [-0.2, -0.15) is 5.09 Å². The van der Waals surface area contributed by atoms with Crippen LogP contribution in [0.4, 0.5) is 4.39 Å². The van der Waals surface area contributed by atoms with Gasteiger partial charge < -0.3 is 18.7 Å². The number of ether oxygens (including phenoxy) is 3. The fraction of sp³-hybridized carbons (Fsp3) is 0.520. The van der Waals surface area contributed by atoms with Gasteiger partial charge in [0.2, 0.25) is 0 Å². The van der Waals surface area contributed by atoms with Crippen LogP contribution < -0.4 is 20.9 Å². The van der Waals surface area contributed by atoms with Crippen molar-refractivity contribution < 1.29 is 41.8 Å². The first-order valence-electron chi connectivity index (χ1n) is 12.6. The summed E-state index contributed by atoms with van der Waals surface area (Å²) in [5.74, 6) is -1.40. The van der Waals surface area contributed by atoms with Gasteiger partial charge in [0.25, 0.3) is 5.56 Å². The summed E-state index contributed by atoms with van der Waals surface area (Å²) < 4.78 is 57.9. The van der Waals surface area contributed by atoms with E-state index < -0.39 is 67.7 Å². The molecule has 2 aromatic rings. The molecule has 1 saturated heterocycles. The number of halogens is 1. The van der Waals surface area contributed by atoms with Gasteiger partial charge in [0, 0.05) is 19.2 Å². The van der Waals surface area contributed by atoms with Crippen molar-refractivity contribution in [3.63, 3.8) is 0 Å². The fourth-order valence-electron chi connectivity index (χ4n) is 3.93. The maximum absolute atomic E-state index is 16.1. The Bertz CT molecular complexity index is 1330. The molecule has 1 fully saturated rings. The maximum atomic E-state index is 16.1. The van der Waals surface area contributed by atoms with Crippen molar-refractivity contribution in [2.45, 2.75) is 70.7 Å². The van der Waals surface area contributed by atoms with Crippen molar-refractivity contribution in [1.82, 2.24) is 14.6 Å². The van der Waals surface area contributed by atoms with Gasteiger partial charge in [-0.25, -0.2) is 13.8 Å². The number of hydrogen-bond donors (Lipinski definition) is 2. The van der Waals surface area contributed by atoms with Crippen molar-refractivity contribution in [3.05, 3.63) is 63.4 Å². The second-order valence-electron chi connectivity index (χ2n) is 9.29. The highest BCUT2D eigenvalue weighted by Crippen LogP contribution is 2.48. The molecule has 1 aliphatic rings. The number of rotatable bonds is 13. The van der Waals surface area contributed by atoms with E-state index in [9.17, 15) is 23.7 Å². The van der Waals surface area contributed by atoms with Crippen LogP contribution in [0, 0.1) is 0 Å². The van der Waals surface area contributed by atoms with E-state index >= 15 is 4.39 Å². The van der Waals surface area contributed by atoms with E-state index in [2.05, 4.69) is 5.09 Å². The highest BCUT2D eigenvalue weighted by molar-refractivity contribution is 7.52. The number of unbranched alkanes of at least 4 members (excludes halogenated alkanes) is 1. The molecular formula is C25H33FN3O10P. The number of benzene rings is 1. The molecule has 13 nitrogen and oxygen atoms in total. The molecule has 1 aliphatic heterocycles. The number of carbonyl (C=O) groups excluding carboxylic acids is 2. The highest BCUT2D eigenvalue weighted by atomic mass is 31.2. The van der Waals surface area contributed by atoms with E-state index in [0.29, 0.717) is 6.42 Å². The van der Waals surface area contributed by atoms with Crippen molar-refractivity contribution in [2.75, 3.05) is 13.2 Å². The largest absolute Gasteiger partial charge is 0.465 e. The molecule has 0 spiro atoms. The third-order valence-electron chi connectivity index (χ3n) is 5.90. The molecule has 0 bridgehead atoms. The van der Waals surface area contributed by atoms with Gasteiger partial charge in [-0.05, 0) is 32.4 Å². The summed E-state index contributed by atoms with van der Waals surface area (Å²) in [5, 5.41) is 2.51. The summed E-state index contributed by atoms with van der Waals surface area (Å²) in [6.45, 7) is 4.97. The summed E-state index contributed by atoms with van der Waals surface area (Å²) in [4.78, 5) is 50.1. The Morgan fingerprint density at radius 1 is 1.25 bits per heavy atom. The highest BCUT2D eigenvalue weighted by Gasteiger charge is 2.58. The lowest BCUT2D eigenvalue weighted by atomic mass is 9.98. The Balaban J connectivity index is 1.86. The van der Waals surface area contributed by atoms with E-state index in [1.54, 1.807) is 18.2 Å². The molecule has 1 unspecified atom stereocenters. The summed E-state index contributed by atoms with van der Waals surface area (Å²) >= 11 is 0. The number of H-pyrrole nitrogens is 1. The third-order valence-corrected chi connectivity index (χ3v) is 7.55. The first kappa shape index (κ1) is 31.2. The zero-order valence-electron chi connectivity index (χ0n) is 22.5. The zero-order valence-corrected chi connectivity index (χ0v) is 23.4. The number of carbonyl (C=O) groups is 2. The lowest BCUT2D eigenvalue weighted by molar-refractivity contribution is -0.155. The van der Waals surface area contributed by atoms with Crippen molar-refractivity contribution in [1.29, 1.82) is 0 Å². The number of alkyl halides is 1. The fourth-order valence-corrected chi connectivity index (χ4v) is 5.44. The van der Waals surface area contributed by atoms with Gasteiger partial charge in [0.05, 0.1) is 13.2 Å². The molecule has 1 aromatic heterocycles. The number of hydrogen-bond acceptors (Lipinski definition) is 10. The molecule has 2 N–H and O–H groups in total. The molecule has 2 heterocycles. The summed E-state index contributed by atoms with van der Waals surface area (Å²) in [7, 11) is -4.36. The van der Waals surface area contributed by atoms with E-state index in [1.165, 1.54) is 19.1 Å². The summed E-state index contributed by atoms with van der Waals surface area (Å²) in [5.41, 5.74) is -4.15. The number of nitrogens with one attached hydrogen (secondary N) is 2. The average molecular weight is 586 g/mol. The molecule has 40 heavy (non-hydrogen) atoms. The van der Waals surface area contributed by atoms with Crippen molar-refractivity contribution in [2.24, 2.45) is 0 Å². The summed E-state index contributed by atoms with van der Waals surface area (Å²) in [6, 6.07) is 7.84. The molecule has 0 aliphatic carbocycles. The van der Waals surface area contributed by atoms with Crippen LogP contribution >= 0.6 is 7.75 Å². The van der Waals surface area contributed by atoms with Crippen molar-refractivity contribution in [3.8, 4) is 5.75 Å². The predicted molar refractivity (Wildman–Crippen MR) is 139 cm³/mol. The van der Waals surface area contributed by atoms with Gasteiger partial charge in [-0.15, -0.1) is 0 Å². The van der Waals surface area contributed by atoms with Crippen LogP contribution in [0.1, 0.15) is 46.8 Å². The van der Waals surface area contributed by atoms with E-state index in [1.807, 2.05) is 11.9 Å². The number of nitrogens with zero attached hydrogens (tertiary/aromatic N) is 1. The molecule has 0 saturated carbocycles. The van der Waals surface area contributed by atoms with Crippen LogP contribution in [-0.2, 0) is 32.9 Å². The molecule has 15 heteroatoms. The minimum Gasteiger partial charge on any atom is -0.465 e. The molecule has 1 aromatic carbocycles. The van der Waals surface area contributed by atoms with Gasteiger partial charge in [-0.3, -0.25) is 28.5 Å². The Labute approximate surface area is 229 Å². The van der Waals surface area contributed by atoms with Crippen LogP contribution in [0.25, 0.3) is 0 Å². The lowest BCUT2D eigenvalue weighted by Crippen LogP contribution is -2.46. The zero-order chi connectivity index (χ0) is 29.5. The Hall–Kier alpha value is -3.32. The molecule has 3 rings (SSSR count). The summed E-state index contributed by atoms with van der Waals surface area (Å²) in [6.07, 6.45) is -2.16. The molecule has 220 valence electrons. The third kappa shape index (κ3) is 7.87. The van der Waals surface area contributed by atoms with Gasteiger partial charge in [0.15, 0.2) is 18.0 Å². The monoisotopic (exact) mass is 585 g/mol. The Morgan fingerprint density at radius 2 is 1.95 bits per heavy atom. The lowest BCUT2D eigenvalue weighted by Gasteiger charge is -2.28. The topological polar surface area (TPSA) is 164 Å². The quantitative estimate of drug-likeness (QED) is 0.202. The minimum atomic E-state index is -4.36. The SMILES string of the molecule is CCCCOC(=O)[C@H](C)NP(=O)(OC[C@H]1O[C@@H](n2ccc(=O)[nH]c2=O)[C@](C)(F)[C@@H]1OC(C)=O)Oc1ccccc1. The molecular weight excluding hydrogens is 552 g/mol. The number of esters is 2. The first-order valence-corrected chi connectivity index (χ1v) is 14.2. The second kappa shape index (κ2) is 13.4. The number of para-hydroxylation sites is 1. The van der Waals surface area contributed by atoms with Crippen LogP contribution in [-0.4, -0.2) is 58.6 Å². The first-order chi connectivity index (χ1) is 18.9.